The van der Waals surface area contributed by atoms with Gasteiger partial charge in [-0.1, -0.05) is 106 Å². The SMILES string of the molecule is CC(C)[C@@H](OCc1cn([C@H]2C[C@@H](O)[C@@H](CO)O2)c2ncnc(N)c12)c1ccc(I)cc1[N+](=O)[O-].CC[C@H]1O[C@@H](n2cc(CCl)c3c(Cl)ncnc32)C[C@H]1O[Si](C)(C)C(C)(C)C.CC[C@H]1O[C@@H](n2cc(CO[C@@H](c3ccc(I)cc3[N+](=O)[O-])C(C)C)c3c(Cl)ncnc32)C[C@H]1O[Si](C)(C)C(C)(C)C. The molecule has 4 N–H and O–H groups in total. The van der Waals surface area contributed by atoms with Crippen LogP contribution in [0.25, 0.3) is 33.1 Å². The fourth-order valence-corrected chi connectivity index (χ4v) is 17.1. The molecule has 3 aliphatic rings. The van der Waals surface area contributed by atoms with Crippen molar-refractivity contribution in [1.29, 1.82) is 0 Å². The van der Waals surface area contributed by atoms with Crippen molar-refractivity contribution >= 4 is 147 Å². The topological polar surface area (TPSA) is 309 Å². The van der Waals surface area contributed by atoms with E-state index in [1.807, 2.05) is 83.9 Å². The highest BCUT2D eigenvalue weighted by Crippen LogP contribution is 2.47. The lowest BCUT2D eigenvalue weighted by atomic mass is 9.97. The number of alkyl halides is 1. The molecule has 11 atom stereocenters. The zero-order chi connectivity index (χ0) is 74.8. The van der Waals surface area contributed by atoms with Gasteiger partial charge >= 0.3 is 0 Å². The Morgan fingerprint density at radius 3 is 1.36 bits per heavy atom. The van der Waals surface area contributed by atoms with Crippen molar-refractivity contribution in [2.45, 2.75) is 238 Å². The Bertz CT molecular complexity index is 4270. The van der Waals surface area contributed by atoms with E-state index in [-0.39, 0.29) is 107 Å². The maximum absolute atomic E-state index is 11.9. The van der Waals surface area contributed by atoms with E-state index in [0.29, 0.717) is 61.4 Å². The van der Waals surface area contributed by atoms with E-state index in [1.165, 1.54) is 25.0 Å². The summed E-state index contributed by atoms with van der Waals surface area (Å²) < 4.78 is 52.3. The molecular weight excluding hydrogens is 1630 g/mol. The third-order valence-electron chi connectivity index (χ3n) is 20.2. The molecule has 25 nitrogen and oxygen atoms in total. The van der Waals surface area contributed by atoms with E-state index in [9.17, 15) is 30.4 Å². The van der Waals surface area contributed by atoms with Crippen LogP contribution in [0.15, 0.2) is 74.0 Å². The number of hydrogen-bond donors (Lipinski definition) is 3. The summed E-state index contributed by atoms with van der Waals surface area (Å²) in [5.74, 6) is 0.565. The molecule has 3 aliphatic heterocycles. The van der Waals surface area contributed by atoms with Gasteiger partial charge in [-0.15, -0.1) is 11.6 Å². The summed E-state index contributed by atoms with van der Waals surface area (Å²) in [6.07, 6.45) is 10.1. The standard InChI is InChI=1S/C29H40ClIN4O5Si.C22H26IN5O6.C19H29Cl2N3O2Si/c1-9-22-23(40-41(7,8)29(4,5)6)13-24(39-22)34-14-18(25-27(30)32-16-33-28(25)34)15-38-26(17(2)3)20-11-10-19(31)12-21(20)35(36)37;1-11(2)20(14-4-3-13(23)5-15(14)28(31)32)33-9-12-7-27(18-6-16(30)17(8-29)34-18)22-19(12)21(24)25-10-26-22;1-7-13-14(26-27(5,6)19(2,3)4)8-15(25-13)24-10-12(9-20)16-17(21)22-11-23-18(16)24/h10-12,14,16-17,22-24,26H,9,13,15H2,1-8H3;3-5,7,10-11,16-18,20,29-30H,6,8-9H2,1-2H3,(H2,24,25,26);10-11,13-15H,7-9H2,1-6H3/t22-,23-,24-,26-;16-,17-,18-,20-;13-,14-,15-/m111/s1. The molecule has 0 amide bonds. The van der Waals surface area contributed by atoms with Gasteiger partial charge < -0.3 is 62.2 Å². The van der Waals surface area contributed by atoms with Crippen LogP contribution in [-0.4, -0.2) is 124 Å². The van der Waals surface area contributed by atoms with Crippen molar-refractivity contribution in [1.82, 2.24) is 43.6 Å². The number of nitrogen functional groups attached to an aromatic ring is 1. The number of nitro benzene ring substituents is 2. The molecule has 11 rings (SSSR count). The van der Waals surface area contributed by atoms with Crippen molar-refractivity contribution in [2.24, 2.45) is 11.8 Å². The van der Waals surface area contributed by atoms with Crippen LogP contribution in [0.2, 0.25) is 46.6 Å². The maximum atomic E-state index is 11.9. The van der Waals surface area contributed by atoms with Gasteiger partial charge in [0, 0.05) is 74.1 Å². The highest BCUT2D eigenvalue weighted by atomic mass is 127. The number of halogens is 5. The van der Waals surface area contributed by atoms with Crippen LogP contribution in [0.4, 0.5) is 17.2 Å². The summed E-state index contributed by atoms with van der Waals surface area (Å²) in [6.45, 7) is 34.7. The van der Waals surface area contributed by atoms with Gasteiger partial charge in [-0.3, -0.25) is 20.2 Å². The molecule has 556 valence electrons. The fraction of sp³-hybridized carbons (Fsp3) is 0.571. The molecule has 3 fully saturated rings. The van der Waals surface area contributed by atoms with Gasteiger partial charge in [-0.05, 0) is 136 Å². The Morgan fingerprint density at radius 2 is 0.990 bits per heavy atom. The maximum Gasteiger partial charge on any atom is 0.276 e. The lowest BCUT2D eigenvalue weighted by Gasteiger charge is -2.39. The predicted octanol–water partition coefficient (Wildman–Crippen LogP) is 17.6. The first-order valence-electron chi connectivity index (χ1n) is 34.3. The molecule has 32 heteroatoms. The predicted molar refractivity (Wildman–Crippen MR) is 416 cm³/mol. The molecule has 2 aromatic carbocycles. The van der Waals surface area contributed by atoms with Crippen LogP contribution in [0.1, 0.15) is 174 Å². The monoisotopic (exact) mass is 1730 g/mol. The highest BCUT2D eigenvalue weighted by molar-refractivity contribution is 14.1. The Labute approximate surface area is 639 Å². The molecule has 0 saturated carbocycles. The average molecular weight is 1730 g/mol. The number of nitrogens with two attached hydrogens (primary N) is 1. The number of benzene rings is 2. The number of nitrogens with zero attached hydrogens (tertiary/aromatic N) is 11. The zero-order valence-corrected chi connectivity index (χ0v) is 69.2. The number of ether oxygens (including phenoxy) is 5. The number of nitro groups is 2. The molecule has 0 spiro atoms. The first-order chi connectivity index (χ1) is 47.9. The molecular formula is C70H95Cl3I2N12O13Si2. The first-order valence-corrected chi connectivity index (χ1v) is 43.6. The zero-order valence-electron chi connectivity index (χ0n) is 60.6. The Hall–Kier alpha value is -4.70. The molecule has 0 aliphatic carbocycles. The molecule has 102 heavy (non-hydrogen) atoms. The van der Waals surface area contributed by atoms with Crippen LogP contribution in [0.3, 0.4) is 0 Å². The largest absolute Gasteiger partial charge is 0.411 e. The number of rotatable bonds is 23. The second-order valence-electron chi connectivity index (χ2n) is 29.9. The van der Waals surface area contributed by atoms with Crippen LogP contribution >= 0.6 is 80.0 Å². The minimum Gasteiger partial charge on any atom is -0.411 e. The summed E-state index contributed by atoms with van der Waals surface area (Å²) in [4.78, 5) is 48.6. The number of fused-ring (bicyclic) bond motifs is 3. The van der Waals surface area contributed by atoms with Crippen LogP contribution in [0.5, 0.6) is 0 Å². The molecule has 0 bridgehead atoms. The third kappa shape index (κ3) is 17.9. The summed E-state index contributed by atoms with van der Waals surface area (Å²) >= 11 is 23.2. The Balaban J connectivity index is 0.000000182. The Morgan fingerprint density at radius 1 is 0.618 bits per heavy atom. The molecule has 8 aromatic rings. The van der Waals surface area contributed by atoms with Gasteiger partial charge in [0.05, 0.1) is 99.7 Å². The van der Waals surface area contributed by atoms with E-state index in [0.717, 1.165) is 48.6 Å². The summed E-state index contributed by atoms with van der Waals surface area (Å²) in [7, 11) is -3.89. The molecule has 0 radical (unpaired) electrons. The van der Waals surface area contributed by atoms with Gasteiger partial charge in [-0.2, -0.15) is 0 Å². The van der Waals surface area contributed by atoms with E-state index < -0.39 is 52.2 Å². The van der Waals surface area contributed by atoms with Crippen LogP contribution in [-0.2, 0) is 51.6 Å². The average Bonchev–Trinajstić information content (AvgIpc) is 1.62. The lowest BCUT2D eigenvalue weighted by Crippen LogP contribution is -2.45. The lowest BCUT2D eigenvalue weighted by molar-refractivity contribution is -0.386. The highest BCUT2D eigenvalue weighted by Gasteiger charge is 2.47. The van der Waals surface area contributed by atoms with Crippen molar-refractivity contribution in [3.63, 3.8) is 0 Å². The second kappa shape index (κ2) is 33.6. The minimum atomic E-state index is -2.01. The Kier molecular flexibility index (Phi) is 26.8. The first kappa shape index (κ1) is 81.4. The van der Waals surface area contributed by atoms with Crippen molar-refractivity contribution in [2.75, 3.05) is 12.3 Å². The number of aliphatic hydroxyl groups excluding tert-OH is 2. The third-order valence-corrected chi connectivity index (χ3v) is 31.4. The quantitative estimate of drug-likeness (QED) is 0.0134. The van der Waals surface area contributed by atoms with Gasteiger partial charge in [0.2, 0.25) is 0 Å². The van der Waals surface area contributed by atoms with E-state index in [4.69, 9.17) is 73.1 Å². The fourth-order valence-electron chi connectivity index (χ4n) is 12.8. The van der Waals surface area contributed by atoms with Crippen LogP contribution in [0, 0.1) is 39.2 Å². The molecule has 0 unspecified atom stereocenters. The van der Waals surface area contributed by atoms with Crippen molar-refractivity contribution < 1.29 is 52.6 Å². The molecule has 9 heterocycles. The minimum absolute atomic E-state index is 0.00875. The molecule has 3 saturated heterocycles. The summed E-state index contributed by atoms with van der Waals surface area (Å²) in [5.41, 5.74) is 11.6. The van der Waals surface area contributed by atoms with E-state index in [1.54, 1.807) is 29.0 Å². The van der Waals surface area contributed by atoms with Gasteiger partial charge in [0.15, 0.2) is 16.6 Å². The van der Waals surface area contributed by atoms with Crippen LogP contribution < -0.4 is 5.73 Å². The summed E-state index contributed by atoms with van der Waals surface area (Å²) in [6, 6.07) is 10.3. The van der Waals surface area contributed by atoms with Crippen molar-refractivity contribution in [3.8, 4) is 0 Å². The number of anilines is 1. The summed E-state index contributed by atoms with van der Waals surface area (Å²) in [5, 5.41) is 46.2. The van der Waals surface area contributed by atoms with Gasteiger partial charge in [-0.25, -0.2) is 29.9 Å². The number of aliphatic hydroxyl groups is 2. The number of aromatic nitrogens is 9. The van der Waals surface area contributed by atoms with Crippen molar-refractivity contribution in [3.05, 3.63) is 139 Å². The number of hydrogen-bond acceptors (Lipinski definition) is 20. The smallest absolute Gasteiger partial charge is 0.276 e. The van der Waals surface area contributed by atoms with Gasteiger partial charge in [0.25, 0.3) is 11.4 Å². The molecule has 6 aromatic heterocycles. The second-order valence-corrected chi connectivity index (χ2v) is 42.9. The normalized spacial score (nSPS) is 21.8. The van der Waals surface area contributed by atoms with E-state index >= 15 is 0 Å². The van der Waals surface area contributed by atoms with Gasteiger partial charge in [0.1, 0.15) is 76.8 Å². The van der Waals surface area contributed by atoms with E-state index in [2.05, 4.69) is 134 Å².